The Kier molecular flexibility index (Phi) is 7.37. The second kappa shape index (κ2) is 13.1. The molecule has 270 valence electrons. The minimum absolute atomic E-state index is 0.595. The number of hydrogen-bond donors (Lipinski definition) is 0. The lowest BCUT2D eigenvalue weighted by Gasteiger charge is -2.12. The molecule has 0 saturated carbocycles. The van der Waals surface area contributed by atoms with Gasteiger partial charge in [0.25, 0.3) is 0 Å². The number of aromatic nitrogens is 3. The third-order valence-electron chi connectivity index (χ3n) is 11.3. The van der Waals surface area contributed by atoms with Gasteiger partial charge in [-0.25, -0.2) is 15.0 Å². The first-order valence-corrected chi connectivity index (χ1v) is 20.2. The van der Waals surface area contributed by atoms with Crippen molar-refractivity contribution >= 4 is 75.0 Å². The van der Waals surface area contributed by atoms with Crippen LogP contribution < -0.4 is 0 Å². The van der Waals surface area contributed by atoms with Crippen LogP contribution in [0.5, 0.6) is 0 Å². The van der Waals surface area contributed by atoms with E-state index < -0.39 is 0 Å². The summed E-state index contributed by atoms with van der Waals surface area (Å²) in [6.07, 6.45) is 0. The molecule has 0 aliphatic rings. The molecule has 12 rings (SSSR count). The average molecular weight is 758 g/mol. The van der Waals surface area contributed by atoms with Gasteiger partial charge >= 0.3 is 0 Å². The Morgan fingerprint density at radius 3 is 1.78 bits per heavy atom. The Balaban J connectivity index is 1.12. The van der Waals surface area contributed by atoms with E-state index in [0.29, 0.717) is 17.5 Å². The highest BCUT2D eigenvalue weighted by Gasteiger charge is 2.22. The van der Waals surface area contributed by atoms with Crippen LogP contribution in [0.1, 0.15) is 0 Å². The highest BCUT2D eigenvalue weighted by Crippen LogP contribution is 2.44. The predicted octanol–water partition coefficient (Wildman–Crippen LogP) is 14.8. The summed E-state index contributed by atoms with van der Waals surface area (Å²) in [5.74, 6) is 1.85. The Labute approximate surface area is 337 Å². The Morgan fingerprint density at radius 2 is 0.966 bits per heavy atom. The minimum Gasteiger partial charge on any atom is -0.455 e. The lowest BCUT2D eigenvalue weighted by atomic mass is 9.97. The maximum atomic E-state index is 6.85. The van der Waals surface area contributed by atoms with Gasteiger partial charge in [0.2, 0.25) is 0 Å². The molecule has 0 unspecified atom stereocenters. The third kappa shape index (κ3) is 5.32. The Morgan fingerprint density at radius 1 is 0.362 bits per heavy atom. The summed E-state index contributed by atoms with van der Waals surface area (Å²) in [7, 11) is 0. The summed E-state index contributed by atoms with van der Waals surface area (Å²) >= 11 is 1.78. The van der Waals surface area contributed by atoms with Crippen molar-refractivity contribution in [3.8, 4) is 56.4 Å². The van der Waals surface area contributed by atoms with E-state index in [2.05, 4.69) is 182 Å². The molecule has 5 heteroatoms. The average Bonchev–Trinajstić information content (AvgIpc) is 3.86. The molecule has 0 bridgehead atoms. The number of rotatable bonds is 5. The highest BCUT2D eigenvalue weighted by molar-refractivity contribution is 7.26. The molecule has 0 N–H and O–H groups in total. The fourth-order valence-corrected chi connectivity index (χ4v) is 9.67. The highest BCUT2D eigenvalue weighted by atomic mass is 32.1. The molecule has 0 aliphatic carbocycles. The molecule has 4 nitrogen and oxygen atoms in total. The first kappa shape index (κ1) is 32.7. The fraction of sp³-hybridized carbons (Fsp3) is 0. The summed E-state index contributed by atoms with van der Waals surface area (Å²) in [5, 5.41) is 9.00. The maximum absolute atomic E-state index is 6.85. The standard InChI is InChI=1S/C53H31N3OS/c1-3-12-32(13-4-1)36-22-23-38-29-39(25-24-37(38)28-36)51-54-52(56-53(55-51)44-20-11-19-42-41-18-9-10-21-47(41)58-50(42)44)43-27-26-40(33-14-5-2-6-15-33)49-48(43)45-30-34-16-7-8-17-35(34)31-46(45)57-49/h1-31H. The smallest absolute Gasteiger partial charge is 0.165 e. The van der Waals surface area contributed by atoms with Crippen molar-refractivity contribution in [3.05, 3.63) is 188 Å². The largest absolute Gasteiger partial charge is 0.455 e. The molecule has 0 saturated heterocycles. The summed E-state index contributed by atoms with van der Waals surface area (Å²) in [5.41, 5.74) is 8.92. The minimum atomic E-state index is 0.595. The number of hydrogen-bond acceptors (Lipinski definition) is 5. The zero-order valence-electron chi connectivity index (χ0n) is 31.1. The second-order valence-electron chi connectivity index (χ2n) is 14.8. The number of thiophene rings is 1. The van der Waals surface area contributed by atoms with E-state index in [1.165, 1.54) is 26.6 Å². The quantitative estimate of drug-likeness (QED) is 0.175. The first-order chi connectivity index (χ1) is 28.7. The van der Waals surface area contributed by atoms with E-state index >= 15 is 0 Å². The van der Waals surface area contributed by atoms with E-state index in [0.717, 1.165) is 76.0 Å². The number of nitrogens with zero attached hydrogens (tertiary/aromatic N) is 3. The monoisotopic (exact) mass is 757 g/mol. The van der Waals surface area contributed by atoms with Crippen molar-refractivity contribution in [3.63, 3.8) is 0 Å². The first-order valence-electron chi connectivity index (χ1n) is 19.4. The SMILES string of the molecule is c1ccc(-c2ccc3cc(-c4nc(-c5cccc6c5sc5ccccc56)nc(-c5ccc(-c6ccccc6)c6oc7cc8ccccc8cc7c56)n4)ccc3c2)cc1. The van der Waals surface area contributed by atoms with Crippen molar-refractivity contribution in [1.29, 1.82) is 0 Å². The van der Waals surface area contributed by atoms with Crippen LogP contribution in [-0.4, -0.2) is 15.0 Å². The molecule has 0 fully saturated rings. The van der Waals surface area contributed by atoms with Crippen LogP contribution >= 0.6 is 11.3 Å². The molecule has 3 heterocycles. The molecular formula is C53H31N3OS. The van der Waals surface area contributed by atoms with Crippen LogP contribution in [0.4, 0.5) is 0 Å². The van der Waals surface area contributed by atoms with Crippen LogP contribution in [0.25, 0.3) is 120 Å². The van der Waals surface area contributed by atoms with Crippen LogP contribution in [-0.2, 0) is 0 Å². The normalized spacial score (nSPS) is 11.8. The van der Waals surface area contributed by atoms with Crippen molar-refractivity contribution in [2.45, 2.75) is 0 Å². The lowest BCUT2D eigenvalue weighted by molar-refractivity contribution is 0.670. The maximum Gasteiger partial charge on any atom is 0.165 e. The summed E-state index contributed by atoms with van der Waals surface area (Å²) < 4.78 is 9.24. The summed E-state index contributed by atoms with van der Waals surface area (Å²) in [4.78, 5) is 16.0. The lowest BCUT2D eigenvalue weighted by Crippen LogP contribution is -2.01. The Bertz CT molecular complexity index is 3570. The topological polar surface area (TPSA) is 51.8 Å². The summed E-state index contributed by atoms with van der Waals surface area (Å²) in [6, 6.07) is 66.2. The van der Waals surface area contributed by atoms with Gasteiger partial charge in [-0.15, -0.1) is 11.3 Å². The Hall–Kier alpha value is -7.47. The number of furan rings is 1. The van der Waals surface area contributed by atoms with Crippen LogP contribution in [0.15, 0.2) is 192 Å². The van der Waals surface area contributed by atoms with Gasteiger partial charge in [-0.3, -0.25) is 0 Å². The number of benzene rings is 9. The van der Waals surface area contributed by atoms with Crippen molar-refractivity contribution < 1.29 is 4.42 Å². The van der Waals surface area contributed by atoms with E-state index in [1.54, 1.807) is 11.3 Å². The van der Waals surface area contributed by atoms with Gasteiger partial charge in [-0.1, -0.05) is 140 Å². The second-order valence-corrected chi connectivity index (χ2v) is 15.8. The van der Waals surface area contributed by atoms with Crippen LogP contribution in [0, 0.1) is 0 Å². The van der Waals surface area contributed by atoms with E-state index in [1.807, 2.05) is 6.07 Å². The van der Waals surface area contributed by atoms with E-state index in [9.17, 15) is 0 Å². The molecule has 3 aromatic heterocycles. The van der Waals surface area contributed by atoms with Gasteiger partial charge in [0.1, 0.15) is 11.2 Å². The predicted molar refractivity (Wildman–Crippen MR) is 242 cm³/mol. The molecular weight excluding hydrogens is 727 g/mol. The molecule has 58 heavy (non-hydrogen) atoms. The van der Waals surface area contributed by atoms with Gasteiger partial charge < -0.3 is 4.42 Å². The van der Waals surface area contributed by atoms with Crippen molar-refractivity contribution in [1.82, 2.24) is 15.0 Å². The van der Waals surface area contributed by atoms with Crippen molar-refractivity contribution in [2.75, 3.05) is 0 Å². The van der Waals surface area contributed by atoms with Crippen LogP contribution in [0.3, 0.4) is 0 Å². The summed E-state index contributed by atoms with van der Waals surface area (Å²) in [6.45, 7) is 0. The molecule has 9 aromatic carbocycles. The van der Waals surface area contributed by atoms with Crippen molar-refractivity contribution in [2.24, 2.45) is 0 Å². The molecule has 0 aliphatic heterocycles. The molecule has 0 atom stereocenters. The number of fused-ring (bicyclic) bond motifs is 8. The van der Waals surface area contributed by atoms with Gasteiger partial charge in [-0.2, -0.15) is 0 Å². The molecule has 0 amide bonds. The molecule has 0 radical (unpaired) electrons. The van der Waals surface area contributed by atoms with Crippen LogP contribution in [0.2, 0.25) is 0 Å². The van der Waals surface area contributed by atoms with Gasteiger partial charge in [0.05, 0.1) is 0 Å². The van der Waals surface area contributed by atoms with E-state index in [-0.39, 0.29) is 0 Å². The molecule has 12 aromatic rings. The molecule has 0 spiro atoms. The fourth-order valence-electron chi connectivity index (χ4n) is 8.46. The zero-order valence-corrected chi connectivity index (χ0v) is 31.9. The third-order valence-corrected chi connectivity index (χ3v) is 12.5. The zero-order chi connectivity index (χ0) is 38.2. The van der Waals surface area contributed by atoms with Gasteiger partial charge in [0, 0.05) is 53.2 Å². The van der Waals surface area contributed by atoms with Gasteiger partial charge in [-0.05, 0) is 86.8 Å². The van der Waals surface area contributed by atoms with Gasteiger partial charge in [0.15, 0.2) is 17.5 Å². The van der Waals surface area contributed by atoms with E-state index in [4.69, 9.17) is 19.4 Å².